The van der Waals surface area contributed by atoms with Gasteiger partial charge in [-0.05, 0) is 48.2 Å². The maximum atomic E-state index is 14.3. The van der Waals surface area contributed by atoms with Crippen molar-refractivity contribution in [2.75, 3.05) is 5.32 Å². The summed E-state index contributed by atoms with van der Waals surface area (Å²) < 4.78 is 15.4. The zero-order valence-electron chi connectivity index (χ0n) is 14.1. The van der Waals surface area contributed by atoms with E-state index >= 15 is 0 Å². The monoisotopic (exact) mass is 342 g/mol. The summed E-state index contributed by atoms with van der Waals surface area (Å²) in [7, 11) is 0. The minimum Gasteiger partial charge on any atom is -0.322 e. The van der Waals surface area contributed by atoms with Crippen LogP contribution in [0.2, 0.25) is 0 Å². The van der Waals surface area contributed by atoms with Crippen LogP contribution in [-0.2, 0) is 5.41 Å². The molecule has 0 aliphatic heterocycles. The van der Waals surface area contributed by atoms with Crippen LogP contribution in [0.4, 0.5) is 10.1 Å². The molecule has 124 valence electrons. The molecule has 3 nitrogen and oxygen atoms in total. The number of nitrogens with zero attached hydrogens (tertiary/aromatic N) is 1. The molecule has 0 atom stereocenters. The fraction of sp³-hybridized carbons (Fsp3) is 0.263. The molecule has 3 rings (SSSR count). The van der Waals surface area contributed by atoms with Crippen LogP contribution in [0.1, 0.15) is 41.7 Å². The standard InChI is InChI=1S/C19H19FN2OS/c1-11-21-16-10-13(6-8-17(16)24-11)22-18(23)14-7-5-12(9-15(14)20)19(2,3)4/h5-10H,1-4H3,(H,22,23). The normalized spacial score (nSPS) is 11.7. The molecule has 0 radical (unpaired) electrons. The molecule has 0 aliphatic carbocycles. The van der Waals surface area contributed by atoms with Crippen LogP contribution < -0.4 is 5.32 Å². The number of thiazole rings is 1. The molecule has 0 saturated heterocycles. The Morgan fingerprint density at radius 2 is 1.92 bits per heavy atom. The molecular formula is C19H19FN2OS. The van der Waals surface area contributed by atoms with E-state index in [0.717, 1.165) is 20.8 Å². The van der Waals surface area contributed by atoms with E-state index < -0.39 is 11.7 Å². The van der Waals surface area contributed by atoms with Crippen molar-refractivity contribution in [3.8, 4) is 0 Å². The van der Waals surface area contributed by atoms with E-state index in [9.17, 15) is 9.18 Å². The van der Waals surface area contributed by atoms with Crippen molar-refractivity contribution >= 4 is 33.1 Å². The molecular weight excluding hydrogens is 323 g/mol. The van der Waals surface area contributed by atoms with Gasteiger partial charge < -0.3 is 5.32 Å². The zero-order chi connectivity index (χ0) is 17.5. The van der Waals surface area contributed by atoms with Gasteiger partial charge >= 0.3 is 0 Å². The second-order valence-electron chi connectivity index (χ2n) is 6.81. The average molecular weight is 342 g/mol. The van der Waals surface area contributed by atoms with Crippen LogP contribution in [0, 0.1) is 12.7 Å². The van der Waals surface area contributed by atoms with Gasteiger partial charge in [-0.2, -0.15) is 0 Å². The Morgan fingerprint density at radius 3 is 2.58 bits per heavy atom. The van der Waals surface area contributed by atoms with Crippen molar-refractivity contribution in [3.05, 3.63) is 58.3 Å². The number of aryl methyl sites for hydroxylation is 1. The Kier molecular flexibility index (Phi) is 4.13. The van der Waals surface area contributed by atoms with Gasteiger partial charge in [0.25, 0.3) is 5.91 Å². The summed E-state index contributed by atoms with van der Waals surface area (Å²) in [6, 6.07) is 10.3. The zero-order valence-corrected chi connectivity index (χ0v) is 14.9. The third kappa shape index (κ3) is 3.31. The fourth-order valence-corrected chi connectivity index (χ4v) is 3.29. The highest BCUT2D eigenvalue weighted by Gasteiger charge is 2.18. The number of rotatable bonds is 2. The molecule has 1 heterocycles. The lowest BCUT2D eigenvalue weighted by molar-refractivity contribution is 0.102. The minimum absolute atomic E-state index is 0.0394. The summed E-state index contributed by atoms with van der Waals surface area (Å²) in [4.78, 5) is 16.8. The van der Waals surface area contributed by atoms with Gasteiger partial charge in [-0.1, -0.05) is 26.8 Å². The van der Waals surface area contributed by atoms with Crippen LogP contribution in [0.15, 0.2) is 36.4 Å². The van der Waals surface area contributed by atoms with Gasteiger partial charge in [0.2, 0.25) is 0 Å². The summed E-state index contributed by atoms with van der Waals surface area (Å²) in [6.07, 6.45) is 0. The van der Waals surface area contributed by atoms with E-state index in [2.05, 4.69) is 10.3 Å². The summed E-state index contributed by atoms with van der Waals surface area (Å²) in [5, 5.41) is 3.71. The number of carbonyl (C=O) groups is 1. The summed E-state index contributed by atoms with van der Waals surface area (Å²) in [6.45, 7) is 7.96. The van der Waals surface area contributed by atoms with E-state index in [4.69, 9.17) is 0 Å². The SMILES string of the molecule is Cc1nc2cc(NC(=O)c3ccc(C(C)(C)C)cc3F)ccc2s1. The number of carbonyl (C=O) groups excluding carboxylic acids is 1. The summed E-state index contributed by atoms with van der Waals surface area (Å²) >= 11 is 1.60. The molecule has 5 heteroatoms. The third-order valence-corrected chi connectivity index (χ3v) is 4.78. The number of benzene rings is 2. The second kappa shape index (κ2) is 5.98. The molecule has 1 aromatic heterocycles. The van der Waals surface area contributed by atoms with Gasteiger partial charge in [0.15, 0.2) is 0 Å². The van der Waals surface area contributed by atoms with E-state index in [-0.39, 0.29) is 11.0 Å². The number of aromatic nitrogens is 1. The lowest BCUT2D eigenvalue weighted by Crippen LogP contribution is -2.16. The first kappa shape index (κ1) is 16.6. The molecule has 0 fully saturated rings. The van der Waals surface area contributed by atoms with E-state index in [1.807, 2.05) is 33.8 Å². The molecule has 0 aliphatic rings. The molecule has 0 bridgehead atoms. The minimum atomic E-state index is -0.509. The molecule has 3 aromatic rings. The number of nitrogens with one attached hydrogen (secondary N) is 1. The van der Waals surface area contributed by atoms with Gasteiger partial charge in [0.05, 0.1) is 20.8 Å². The van der Waals surface area contributed by atoms with Crippen molar-refractivity contribution in [3.63, 3.8) is 0 Å². The Labute approximate surface area is 144 Å². The smallest absolute Gasteiger partial charge is 0.258 e. The van der Waals surface area contributed by atoms with Crippen molar-refractivity contribution < 1.29 is 9.18 Å². The Balaban J connectivity index is 1.85. The Bertz CT molecular complexity index is 925. The van der Waals surface area contributed by atoms with Crippen LogP contribution >= 0.6 is 11.3 Å². The van der Waals surface area contributed by atoms with Crippen LogP contribution in [-0.4, -0.2) is 10.9 Å². The second-order valence-corrected chi connectivity index (χ2v) is 8.05. The number of fused-ring (bicyclic) bond motifs is 1. The predicted molar refractivity (Wildman–Crippen MR) is 97.4 cm³/mol. The first-order valence-electron chi connectivity index (χ1n) is 7.72. The molecule has 1 N–H and O–H groups in total. The lowest BCUT2D eigenvalue weighted by Gasteiger charge is -2.19. The molecule has 2 aromatic carbocycles. The van der Waals surface area contributed by atoms with Gasteiger partial charge in [-0.3, -0.25) is 4.79 Å². The van der Waals surface area contributed by atoms with Crippen LogP contribution in [0.25, 0.3) is 10.2 Å². The fourth-order valence-electron chi connectivity index (χ4n) is 2.48. The van der Waals surface area contributed by atoms with E-state index in [1.54, 1.807) is 29.5 Å². The number of halogens is 1. The maximum Gasteiger partial charge on any atom is 0.258 e. The van der Waals surface area contributed by atoms with Gasteiger partial charge in [-0.15, -0.1) is 11.3 Å². The highest BCUT2D eigenvalue weighted by Crippen LogP contribution is 2.26. The van der Waals surface area contributed by atoms with Crippen molar-refractivity contribution in [2.45, 2.75) is 33.1 Å². The summed E-state index contributed by atoms with van der Waals surface area (Å²) in [5.74, 6) is -0.968. The molecule has 0 spiro atoms. The van der Waals surface area contributed by atoms with Crippen LogP contribution in [0.5, 0.6) is 0 Å². The predicted octanol–water partition coefficient (Wildman–Crippen LogP) is 5.29. The van der Waals surface area contributed by atoms with E-state index in [0.29, 0.717) is 5.69 Å². The van der Waals surface area contributed by atoms with E-state index in [1.165, 1.54) is 12.1 Å². The molecule has 0 unspecified atom stereocenters. The van der Waals surface area contributed by atoms with Gasteiger partial charge in [0, 0.05) is 5.69 Å². The van der Waals surface area contributed by atoms with Crippen LogP contribution in [0.3, 0.4) is 0 Å². The highest BCUT2D eigenvalue weighted by atomic mass is 32.1. The van der Waals surface area contributed by atoms with Crippen molar-refractivity contribution in [2.24, 2.45) is 0 Å². The number of amides is 1. The molecule has 0 saturated carbocycles. The number of anilines is 1. The summed E-state index contributed by atoms with van der Waals surface area (Å²) in [5.41, 5.74) is 2.17. The quantitative estimate of drug-likeness (QED) is 0.687. The van der Waals surface area contributed by atoms with Gasteiger partial charge in [-0.25, -0.2) is 9.37 Å². The first-order chi connectivity index (χ1) is 11.2. The highest BCUT2D eigenvalue weighted by molar-refractivity contribution is 7.18. The average Bonchev–Trinajstić information content (AvgIpc) is 2.85. The maximum absolute atomic E-state index is 14.3. The number of hydrogen-bond donors (Lipinski definition) is 1. The number of hydrogen-bond acceptors (Lipinski definition) is 3. The Morgan fingerprint density at radius 1 is 1.17 bits per heavy atom. The topological polar surface area (TPSA) is 42.0 Å². The lowest BCUT2D eigenvalue weighted by atomic mass is 9.86. The van der Waals surface area contributed by atoms with Crippen molar-refractivity contribution in [1.82, 2.24) is 4.98 Å². The Hall–Kier alpha value is -2.27. The van der Waals surface area contributed by atoms with Crippen molar-refractivity contribution in [1.29, 1.82) is 0 Å². The largest absolute Gasteiger partial charge is 0.322 e. The molecule has 1 amide bonds. The molecule has 24 heavy (non-hydrogen) atoms. The third-order valence-electron chi connectivity index (χ3n) is 3.83. The van der Waals surface area contributed by atoms with Gasteiger partial charge in [0.1, 0.15) is 5.82 Å². The first-order valence-corrected chi connectivity index (χ1v) is 8.54.